The van der Waals surface area contributed by atoms with Gasteiger partial charge in [0.25, 0.3) is 5.09 Å². The van der Waals surface area contributed by atoms with Crippen LogP contribution in [-0.4, -0.2) is 40.6 Å². The fourth-order valence-electron chi connectivity index (χ4n) is 1.87. The Morgan fingerprint density at radius 2 is 2.09 bits per heavy atom. The lowest BCUT2D eigenvalue weighted by atomic mass is 10.1. The van der Waals surface area contributed by atoms with Crippen molar-refractivity contribution < 1.29 is 20.1 Å². The number of unbranched alkanes of at least 4 members (excludes halogenated alkanes) is 1. The lowest BCUT2D eigenvalue weighted by Gasteiger charge is -2.09. The number of benzene rings is 1. The number of pyridine rings is 1. The van der Waals surface area contributed by atoms with E-state index in [0.29, 0.717) is 0 Å². The van der Waals surface area contributed by atoms with E-state index in [4.69, 9.17) is 25.2 Å². The van der Waals surface area contributed by atoms with Crippen LogP contribution in [0.5, 0.6) is 5.75 Å². The molecule has 8 nitrogen and oxygen atoms in total. The van der Waals surface area contributed by atoms with Gasteiger partial charge in [-0.1, -0.05) is 0 Å². The Hall–Kier alpha value is -2.61. The van der Waals surface area contributed by atoms with Gasteiger partial charge in [0, 0.05) is 36.5 Å². The molecule has 0 aliphatic carbocycles. The normalized spacial score (nSPS) is 9.73. The predicted octanol–water partition coefficient (Wildman–Crippen LogP) is 2.08. The maximum atomic E-state index is 8.74. The maximum absolute atomic E-state index is 8.74. The van der Waals surface area contributed by atoms with Crippen LogP contribution in [0, 0.1) is 10.1 Å². The van der Waals surface area contributed by atoms with Crippen molar-refractivity contribution in [3.8, 4) is 5.75 Å². The molecule has 0 unspecified atom stereocenters. The number of hydrogen-bond acceptors (Lipinski definition) is 6. The molecule has 1 aromatic heterocycles. The van der Waals surface area contributed by atoms with Gasteiger partial charge in [0.2, 0.25) is 0 Å². The maximum Gasteiger partial charge on any atom is 0.291 e. The zero-order valence-electron chi connectivity index (χ0n) is 12.2. The Morgan fingerprint density at radius 3 is 2.73 bits per heavy atom. The monoisotopic (exact) mass is 309 g/mol. The Labute approximate surface area is 127 Å². The van der Waals surface area contributed by atoms with Crippen LogP contribution < -0.4 is 10.1 Å². The highest BCUT2D eigenvalue weighted by atomic mass is 16.9. The van der Waals surface area contributed by atoms with Gasteiger partial charge in [-0.3, -0.25) is 4.98 Å². The number of methoxy groups -OCH3 is 1. The fourth-order valence-corrected chi connectivity index (χ4v) is 1.87. The second kappa shape index (κ2) is 9.35. The van der Waals surface area contributed by atoms with E-state index in [1.165, 1.54) is 0 Å². The zero-order valence-corrected chi connectivity index (χ0v) is 12.2. The second-order valence-corrected chi connectivity index (χ2v) is 4.34. The van der Waals surface area contributed by atoms with Gasteiger partial charge in [0.1, 0.15) is 5.75 Å². The van der Waals surface area contributed by atoms with Gasteiger partial charge in [-0.2, -0.15) is 0 Å². The summed E-state index contributed by atoms with van der Waals surface area (Å²) in [6.07, 6.45) is 3.57. The first-order valence-electron chi connectivity index (χ1n) is 6.69. The average Bonchev–Trinajstić information content (AvgIpc) is 2.50. The number of rotatable bonds is 6. The number of nitrogens with zero attached hydrogens (tertiary/aromatic N) is 2. The van der Waals surface area contributed by atoms with E-state index in [9.17, 15) is 0 Å². The molecule has 0 spiro atoms. The van der Waals surface area contributed by atoms with E-state index in [0.717, 1.165) is 41.7 Å². The standard InChI is InChI=1S/C14H18N2O2.HNO3/c1-18-11-4-5-12-13(15-7-2-3-9-17)6-8-16-14(12)10-11;2-1(3)4/h4-6,8,10,17H,2-3,7,9H2,1H3,(H,15,16);(H,2,3,4). The number of anilines is 1. The molecule has 0 saturated carbocycles. The van der Waals surface area contributed by atoms with Crippen LogP contribution in [0.1, 0.15) is 12.8 Å². The number of aliphatic hydroxyl groups is 1. The highest BCUT2D eigenvalue weighted by Gasteiger charge is 2.02. The Morgan fingerprint density at radius 1 is 1.36 bits per heavy atom. The molecule has 1 aromatic carbocycles. The molecule has 0 fully saturated rings. The second-order valence-electron chi connectivity index (χ2n) is 4.34. The van der Waals surface area contributed by atoms with Gasteiger partial charge in [-0.05, 0) is 31.0 Å². The van der Waals surface area contributed by atoms with Crippen molar-refractivity contribution in [3.05, 3.63) is 40.6 Å². The summed E-state index contributed by atoms with van der Waals surface area (Å²) in [5.74, 6) is 0.812. The lowest BCUT2D eigenvalue weighted by molar-refractivity contribution is -0.742. The van der Waals surface area contributed by atoms with Crippen molar-refractivity contribution in [1.82, 2.24) is 4.98 Å². The van der Waals surface area contributed by atoms with Crippen molar-refractivity contribution >= 4 is 16.6 Å². The molecule has 1 heterocycles. The molecule has 0 aliphatic rings. The van der Waals surface area contributed by atoms with E-state index >= 15 is 0 Å². The van der Waals surface area contributed by atoms with Crippen LogP contribution in [-0.2, 0) is 0 Å². The molecule has 0 saturated heterocycles. The fraction of sp³-hybridized carbons (Fsp3) is 0.357. The number of ether oxygens (including phenoxy) is 1. The van der Waals surface area contributed by atoms with Crippen molar-refractivity contribution in [2.75, 3.05) is 25.6 Å². The molecular formula is C14H19N3O5. The van der Waals surface area contributed by atoms with E-state index in [1.54, 1.807) is 13.3 Å². The number of aliphatic hydroxyl groups excluding tert-OH is 1. The third-order valence-electron chi connectivity index (χ3n) is 2.85. The molecule has 22 heavy (non-hydrogen) atoms. The first-order valence-corrected chi connectivity index (χ1v) is 6.69. The quantitative estimate of drug-likeness (QED) is 0.424. The molecule has 2 aromatic rings. The molecule has 2 rings (SSSR count). The number of hydrogen-bond donors (Lipinski definition) is 3. The van der Waals surface area contributed by atoms with Crippen LogP contribution in [0.25, 0.3) is 10.9 Å². The summed E-state index contributed by atoms with van der Waals surface area (Å²) in [6, 6.07) is 7.83. The summed E-state index contributed by atoms with van der Waals surface area (Å²) in [6.45, 7) is 1.10. The topological polar surface area (TPSA) is 118 Å². The van der Waals surface area contributed by atoms with Gasteiger partial charge in [0.15, 0.2) is 0 Å². The van der Waals surface area contributed by atoms with Gasteiger partial charge < -0.3 is 20.4 Å². The van der Waals surface area contributed by atoms with Crippen LogP contribution in [0.4, 0.5) is 5.69 Å². The number of fused-ring (bicyclic) bond motifs is 1. The van der Waals surface area contributed by atoms with E-state index < -0.39 is 5.09 Å². The lowest BCUT2D eigenvalue weighted by Crippen LogP contribution is -2.03. The summed E-state index contributed by atoms with van der Waals surface area (Å²) >= 11 is 0. The third kappa shape index (κ3) is 5.80. The number of nitrogens with one attached hydrogen (secondary N) is 1. The summed E-state index contributed by atoms with van der Waals surface area (Å²) in [7, 11) is 1.65. The summed E-state index contributed by atoms with van der Waals surface area (Å²) < 4.78 is 5.19. The molecule has 0 aliphatic heterocycles. The van der Waals surface area contributed by atoms with Crippen molar-refractivity contribution in [2.24, 2.45) is 0 Å². The molecule has 0 amide bonds. The summed E-state index contributed by atoms with van der Waals surface area (Å²) in [5.41, 5.74) is 1.99. The van der Waals surface area contributed by atoms with Crippen LogP contribution in [0.3, 0.4) is 0 Å². The first kappa shape index (κ1) is 17.4. The van der Waals surface area contributed by atoms with Crippen molar-refractivity contribution in [2.45, 2.75) is 12.8 Å². The van der Waals surface area contributed by atoms with Crippen molar-refractivity contribution in [1.29, 1.82) is 0 Å². The molecule has 0 radical (unpaired) electrons. The smallest absolute Gasteiger partial charge is 0.291 e. The third-order valence-corrected chi connectivity index (χ3v) is 2.85. The highest BCUT2D eigenvalue weighted by Crippen LogP contribution is 2.25. The van der Waals surface area contributed by atoms with Crippen LogP contribution in [0.15, 0.2) is 30.5 Å². The molecular weight excluding hydrogens is 290 g/mol. The van der Waals surface area contributed by atoms with Gasteiger partial charge in [-0.25, -0.2) is 0 Å². The van der Waals surface area contributed by atoms with Gasteiger partial charge >= 0.3 is 0 Å². The number of aromatic nitrogens is 1. The Kier molecular flexibility index (Phi) is 7.41. The van der Waals surface area contributed by atoms with E-state index in [-0.39, 0.29) is 6.61 Å². The predicted molar refractivity (Wildman–Crippen MR) is 81.9 cm³/mol. The van der Waals surface area contributed by atoms with E-state index in [2.05, 4.69) is 10.3 Å². The zero-order chi connectivity index (χ0) is 16.4. The largest absolute Gasteiger partial charge is 0.497 e. The summed E-state index contributed by atoms with van der Waals surface area (Å²) in [4.78, 5) is 12.7. The van der Waals surface area contributed by atoms with Gasteiger partial charge in [-0.15, -0.1) is 10.1 Å². The minimum Gasteiger partial charge on any atom is -0.497 e. The minimum absolute atomic E-state index is 0.246. The molecule has 0 atom stereocenters. The Balaban J connectivity index is 0.000000541. The minimum atomic E-state index is -1.50. The highest BCUT2D eigenvalue weighted by molar-refractivity contribution is 5.91. The van der Waals surface area contributed by atoms with E-state index in [1.807, 2.05) is 24.3 Å². The van der Waals surface area contributed by atoms with Gasteiger partial charge in [0.05, 0.1) is 12.6 Å². The SMILES string of the molecule is COc1ccc2c(NCCCCO)ccnc2c1.O=[N+]([O-])O. The first-order chi connectivity index (χ1) is 10.6. The summed E-state index contributed by atoms with van der Waals surface area (Å²) in [5, 5.41) is 26.8. The van der Waals surface area contributed by atoms with Crippen LogP contribution >= 0.6 is 0 Å². The molecule has 120 valence electrons. The molecule has 8 heteroatoms. The Bertz CT molecular complexity index is 602. The average molecular weight is 309 g/mol. The van der Waals surface area contributed by atoms with Crippen LogP contribution in [0.2, 0.25) is 0 Å². The molecule has 0 bridgehead atoms. The molecule has 3 N–H and O–H groups in total. The van der Waals surface area contributed by atoms with Crippen molar-refractivity contribution in [3.63, 3.8) is 0 Å².